The molecular weight excluding hydrogens is 250 g/mol. The van der Waals surface area contributed by atoms with Crippen molar-refractivity contribution >= 4 is 5.91 Å². The normalized spacial score (nSPS) is 27.2. The first-order chi connectivity index (χ1) is 9.67. The predicted octanol–water partition coefficient (Wildman–Crippen LogP) is 1.90. The van der Waals surface area contributed by atoms with Crippen molar-refractivity contribution in [2.24, 2.45) is 0 Å². The number of carbonyl (C=O) groups excluding carboxylic acids is 1. The van der Waals surface area contributed by atoms with Crippen LogP contribution in [0.15, 0.2) is 0 Å². The predicted molar refractivity (Wildman–Crippen MR) is 82.8 cm³/mol. The van der Waals surface area contributed by atoms with Gasteiger partial charge in [-0.1, -0.05) is 26.2 Å². The van der Waals surface area contributed by atoms with Crippen molar-refractivity contribution in [1.82, 2.24) is 15.5 Å². The molecule has 4 heteroatoms. The fraction of sp³-hybridized carbons (Fsp3) is 0.938. The largest absolute Gasteiger partial charge is 0.352 e. The Balaban J connectivity index is 1.81. The molecule has 1 saturated heterocycles. The molecule has 1 aliphatic heterocycles. The Morgan fingerprint density at radius 3 is 2.65 bits per heavy atom. The van der Waals surface area contributed by atoms with Crippen LogP contribution in [0.4, 0.5) is 0 Å². The molecule has 1 amide bonds. The van der Waals surface area contributed by atoms with Crippen molar-refractivity contribution in [2.75, 3.05) is 26.7 Å². The quantitative estimate of drug-likeness (QED) is 0.809. The van der Waals surface area contributed by atoms with Gasteiger partial charge in [-0.2, -0.15) is 0 Å². The first kappa shape index (κ1) is 15.8. The number of likely N-dealkylation sites (tertiary alicyclic amines) is 1. The van der Waals surface area contributed by atoms with Crippen molar-refractivity contribution in [1.29, 1.82) is 0 Å². The number of carbonyl (C=O) groups is 1. The van der Waals surface area contributed by atoms with E-state index in [4.69, 9.17) is 0 Å². The van der Waals surface area contributed by atoms with Crippen LogP contribution in [0.25, 0.3) is 0 Å². The highest BCUT2D eigenvalue weighted by Gasteiger charge is 2.33. The number of piperidine rings is 1. The molecule has 1 aliphatic carbocycles. The SMILES string of the molecule is CCN1CCCC(NC(=O)CC2(NC)CCCCC2)C1. The third-order valence-corrected chi connectivity index (χ3v) is 5.16. The Morgan fingerprint density at radius 1 is 1.25 bits per heavy atom. The second-order valence-electron chi connectivity index (χ2n) is 6.57. The molecule has 2 N–H and O–H groups in total. The van der Waals surface area contributed by atoms with E-state index in [0.29, 0.717) is 12.5 Å². The first-order valence-electron chi connectivity index (χ1n) is 8.38. The summed E-state index contributed by atoms with van der Waals surface area (Å²) in [6.07, 6.45) is 9.09. The summed E-state index contributed by atoms with van der Waals surface area (Å²) in [6.45, 7) is 5.49. The number of likely N-dealkylation sites (N-methyl/N-ethyl adjacent to an activating group) is 1. The molecule has 0 bridgehead atoms. The molecule has 116 valence electrons. The second kappa shape index (κ2) is 7.41. The lowest BCUT2D eigenvalue weighted by Crippen LogP contribution is -2.52. The molecule has 0 spiro atoms. The molecule has 1 atom stereocenters. The Labute approximate surface area is 123 Å². The molecule has 0 aromatic carbocycles. The van der Waals surface area contributed by atoms with E-state index in [9.17, 15) is 4.79 Å². The number of hydrogen-bond acceptors (Lipinski definition) is 3. The van der Waals surface area contributed by atoms with Gasteiger partial charge in [-0.3, -0.25) is 4.79 Å². The molecule has 1 saturated carbocycles. The number of hydrogen-bond donors (Lipinski definition) is 2. The number of rotatable bonds is 5. The third-order valence-electron chi connectivity index (χ3n) is 5.16. The average Bonchev–Trinajstić information content (AvgIpc) is 2.48. The minimum absolute atomic E-state index is 0.0570. The minimum atomic E-state index is 0.0570. The van der Waals surface area contributed by atoms with Crippen molar-refractivity contribution in [3.63, 3.8) is 0 Å². The van der Waals surface area contributed by atoms with Crippen LogP contribution in [0.3, 0.4) is 0 Å². The van der Waals surface area contributed by atoms with Crippen LogP contribution < -0.4 is 10.6 Å². The van der Waals surface area contributed by atoms with Gasteiger partial charge in [-0.15, -0.1) is 0 Å². The number of nitrogens with one attached hydrogen (secondary N) is 2. The highest BCUT2D eigenvalue weighted by Crippen LogP contribution is 2.30. The average molecular weight is 281 g/mol. The van der Waals surface area contributed by atoms with E-state index in [0.717, 1.165) is 32.4 Å². The van der Waals surface area contributed by atoms with E-state index in [1.54, 1.807) is 0 Å². The molecule has 20 heavy (non-hydrogen) atoms. The molecule has 1 unspecified atom stereocenters. The van der Waals surface area contributed by atoms with Crippen molar-refractivity contribution < 1.29 is 4.79 Å². The van der Waals surface area contributed by atoms with Crippen LogP contribution in [-0.4, -0.2) is 49.1 Å². The summed E-state index contributed by atoms with van der Waals surface area (Å²) >= 11 is 0. The van der Waals surface area contributed by atoms with E-state index < -0.39 is 0 Å². The minimum Gasteiger partial charge on any atom is -0.352 e. The van der Waals surface area contributed by atoms with Gasteiger partial charge in [0.25, 0.3) is 0 Å². The van der Waals surface area contributed by atoms with Crippen LogP contribution in [0.5, 0.6) is 0 Å². The van der Waals surface area contributed by atoms with Gasteiger partial charge in [0.15, 0.2) is 0 Å². The van der Waals surface area contributed by atoms with Crippen LogP contribution in [0.1, 0.15) is 58.3 Å². The lowest BCUT2D eigenvalue weighted by atomic mass is 9.79. The van der Waals surface area contributed by atoms with Gasteiger partial charge in [0, 0.05) is 24.5 Å². The number of amides is 1. The van der Waals surface area contributed by atoms with Crippen LogP contribution in [-0.2, 0) is 4.79 Å². The summed E-state index contributed by atoms with van der Waals surface area (Å²) < 4.78 is 0. The van der Waals surface area contributed by atoms with Gasteiger partial charge >= 0.3 is 0 Å². The fourth-order valence-electron chi connectivity index (χ4n) is 3.79. The first-order valence-corrected chi connectivity index (χ1v) is 8.38. The maximum Gasteiger partial charge on any atom is 0.222 e. The molecule has 2 aliphatic rings. The Bertz CT molecular complexity index is 313. The van der Waals surface area contributed by atoms with Crippen molar-refractivity contribution in [3.8, 4) is 0 Å². The zero-order valence-corrected chi connectivity index (χ0v) is 13.2. The Kier molecular flexibility index (Phi) is 5.85. The molecule has 0 aromatic rings. The zero-order chi connectivity index (χ0) is 14.4. The van der Waals surface area contributed by atoms with Gasteiger partial charge in [0.05, 0.1) is 0 Å². The van der Waals surface area contributed by atoms with Gasteiger partial charge in [-0.05, 0) is 45.8 Å². The summed E-state index contributed by atoms with van der Waals surface area (Å²) in [5, 5.41) is 6.70. The summed E-state index contributed by atoms with van der Waals surface area (Å²) in [4.78, 5) is 14.8. The van der Waals surface area contributed by atoms with Gasteiger partial charge in [-0.25, -0.2) is 0 Å². The Morgan fingerprint density at radius 2 is 2.00 bits per heavy atom. The molecule has 0 aromatic heterocycles. The second-order valence-corrected chi connectivity index (χ2v) is 6.57. The zero-order valence-electron chi connectivity index (χ0n) is 13.2. The van der Waals surface area contributed by atoms with Crippen molar-refractivity contribution in [3.05, 3.63) is 0 Å². The molecule has 0 radical (unpaired) electrons. The lowest BCUT2D eigenvalue weighted by molar-refractivity contribution is -0.124. The standard InChI is InChI=1S/C16H31N3O/c1-3-19-11-7-8-14(13-19)18-15(20)12-16(17-2)9-5-4-6-10-16/h14,17H,3-13H2,1-2H3,(H,18,20). The van der Waals surface area contributed by atoms with E-state index >= 15 is 0 Å². The summed E-state index contributed by atoms with van der Waals surface area (Å²) in [5.74, 6) is 0.240. The van der Waals surface area contributed by atoms with Gasteiger partial charge in [0.1, 0.15) is 0 Å². The topological polar surface area (TPSA) is 44.4 Å². The molecule has 2 rings (SSSR count). The smallest absolute Gasteiger partial charge is 0.222 e. The van der Waals surface area contributed by atoms with Crippen LogP contribution in [0, 0.1) is 0 Å². The lowest BCUT2D eigenvalue weighted by Gasteiger charge is -2.38. The molecular formula is C16H31N3O. The summed E-state index contributed by atoms with van der Waals surface area (Å²) in [6, 6.07) is 0.355. The maximum absolute atomic E-state index is 12.4. The highest BCUT2D eigenvalue weighted by atomic mass is 16.1. The van der Waals surface area contributed by atoms with E-state index in [-0.39, 0.29) is 11.4 Å². The monoisotopic (exact) mass is 281 g/mol. The molecule has 1 heterocycles. The maximum atomic E-state index is 12.4. The van der Waals surface area contributed by atoms with Gasteiger partial charge in [0.2, 0.25) is 5.91 Å². The fourth-order valence-corrected chi connectivity index (χ4v) is 3.79. The number of nitrogens with zero attached hydrogens (tertiary/aromatic N) is 1. The Hall–Kier alpha value is -0.610. The highest BCUT2D eigenvalue weighted by molar-refractivity contribution is 5.77. The molecule has 4 nitrogen and oxygen atoms in total. The summed E-state index contributed by atoms with van der Waals surface area (Å²) in [5.41, 5.74) is 0.0570. The van der Waals surface area contributed by atoms with Crippen LogP contribution >= 0.6 is 0 Å². The van der Waals surface area contributed by atoms with Crippen LogP contribution in [0.2, 0.25) is 0 Å². The third kappa shape index (κ3) is 4.19. The van der Waals surface area contributed by atoms with Gasteiger partial charge < -0.3 is 15.5 Å². The van der Waals surface area contributed by atoms with Crippen molar-refractivity contribution in [2.45, 2.75) is 69.9 Å². The molecule has 2 fully saturated rings. The summed E-state index contributed by atoms with van der Waals surface area (Å²) in [7, 11) is 2.01. The van der Waals surface area contributed by atoms with E-state index in [2.05, 4.69) is 22.5 Å². The van der Waals surface area contributed by atoms with E-state index in [1.807, 2.05) is 7.05 Å². The van der Waals surface area contributed by atoms with E-state index in [1.165, 1.54) is 32.2 Å².